The third kappa shape index (κ3) is 1.89. The fourth-order valence-electron chi connectivity index (χ4n) is 2.33. The number of nitrogens with zero attached hydrogens (tertiary/aromatic N) is 2. The summed E-state index contributed by atoms with van der Waals surface area (Å²) >= 11 is 3.48. The molecular weight excluding hydrogens is 290 g/mol. The highest BCUT2D eigenvalue weighted by molar-refractivity contribution is 9.10. The number of halogens is 1. The lowest BCUT2D eigenvalue weighted by atomic mass is 10.0. The molecule has 0 aliphatic heterocycles. The monoisotopic (exact) mass is 305 g/mol. The van der Waals surface area contributed by atoms with E-state index in [0.717, 1.165) is 15.9 Å². The summed E-state index contributed by atoms with van der Waals surface area (Å²) in [5.41, 5.74) is 9.46. The van der Waals surface area contributed by atoms with Crippen molar-refractivity contribution in [2.75, 3.05) is 6.54 Å². The first-order chi connectivity index (χ1) is 8.64. The molecular formula is C14H16BrN3. The van der Waals surface area contributed by atoms with Crippen LogP contribution in [-0.4, -0.2) is 16.3 Å². The second-order valence-corrected chi connectivity index (χ2v) is 5.98. The van der Waals surface area contributed by atoms with Gasteiger partial charge in [0.15, 0.2) is 0 Å². The minimum Gasteiger partial charge on any atom is -0.330 e. The van der Waals surface area contributed by atoms with Crippen molar-refractivity contribution in [3.8, 4) is 5.69 Å². The molecule has 0 bridgehead atoms. The fourth-order valence-corrected chi connectivity index (χ4v) is 2.81. The van der Waals surface area contributed by atoms with Crippen LogP contribution in [0, 0.1) is 6.92 Å². The molecule has 1 aliphatic carbocycles. The molecule has 0 amide bonds. The standard InChI is InChI=1S/C14H16BrN3/c1-10-8-11(15)2-3-12(10)18-7-4-13(17-18)14(9-16)5-6-14/h2-4,7-8H,5-6,9,16H2,1H3. The molecule has 4 heteroatoms. The van der Waals surface area contributed by atoms with Crippen LogP contribution in [0.2, 0.25) is 0 Å². The Morgan fingerprint density at radius 3 is 2.78 bits per heavy atom. The number of benzene rings is 1. The molecule has 3 nitrogen and oxygen atoms in total. The third-order valence-electron chi connectivity index (χ3n) is 3.78. The van der Waals surface area contributed by atoms with Crippen molar-refractivity contribution < 1.29 is 0 Å². The zero-order valence-electron chi connectivity index (χ0n) is 10.4. The van der Waals surface area contributed by atoms with Gasteiger partial charge in [0.05, 0.1) is 11.4 Å². The number of hydrogen-bond acceptors (Lipinski definition) is 2. The molecule has 1 fully saturated rings. The van der Waals surface area contributed by atoms with Gasteiger partial charge in [-0.05, 0) is 49.6 Å². The largest absolute Gasteiger partial charge is 0.330 e. The Bertz CT molecular complexity index is 584. The summed E-state index contributed by atoms with van der Waals surface area (Å²) in [5, 5.41) is 4.70. The molecule has 1 aliphatic rings. The van der Waals surface area contributed by atoms with Crippen LogP contribution in [0.1, 0.15) is 24.1 Å². The minimum absolute atomic E-state index is 0.161. The molecule has 2 aromatic rings. The highest BCUT2D eigenvalue weighted by Crippen LogP contribution is 2.46. The highest BCUT2D eigenvalue weighted by Gasteiger charge is 2.44. The summed E-state index contributed by atoms with van der Waals surface area (Å²) in [6, 6.07) is 8.32. The Labute approximate surface area is 115 Å². The van der Waals surface area contributed by atoms with Crippen molar-refractivity contribution in [1.82, 2.24) is 9.78 Å². The van der Waals surface area contributed by atoms with E-state index in [4.69, 9.17) is 10.8 Å². The van der Waals surface area contributed by atoms with E-state index in [1.807, 2.05) is 16.9 Å². The minimum atomic E-state index is 0.161. The molecule has 0 atom stereocenters. The average Bonchev–Trinajstić information content (AvgIpc) is 3.00. The van der Waals surface area contributed by atoms with E-state index in [0.29, 0.717) is 6.54 Å². The molecule has 0 spiro atoms. The van der Waals surface area contributed by atoms with Crippen LogP contribution in [0.15, 0.2) is 34.9 Å². The molecule has 94 valence electrons. The number of aromatic nitrogens is 2. The van der Waals surface area contributed by atoms with Crippen molar-refractivity contribution in [2.24, 2.45) is 5.73 Å². The Hall–Kier alpha value is -1.13. The van der Waals surface area contributed by atoms with E-state index >= 15 is 0 Å². The Morgan fingerprint density at radius 2 is 2.17 bits per heavy atom. The third-order valence-corrected chi connectivity index (χ3v) is 4.28. The van der Waals surface area contributed by atoms with Gasteiger partial charge in [0, 0.05) is 22.6 Å². The van der Waals surface area contributed by atoms with E-state index in [1.165, 1.54) is 18.4 Å². The van der Waals surface area contributed by atoms with Gasteiger partial charge in [-0.2, -0.15) is 5.10 Å². The summed E-state index contributed by atoms with van der Waals surface area (Å²) in [6.45, 7) is 2.79. The molecule has 3 rings (SSSR count). The SMILES string of the molecule is Cc1cc(Br)ccc1-n1ccc(C2(CN)CC2)n1. The van der Waals surface area contributed by atoms with Crippen LogP contribution in [0.4, 0.5) is 0 Å². The molecule has 1 aromatic heterocycles. The lowest BCUT2D eigenvalue weighted by molar-refractivity contribution is 0.661. The van der Waals surface area contributed by atoms with Gasteiger partial charge in [0.2, 0.25) is 0 Å². The van der Waals surface area contributed by atoms with E-state index in [1.54, 1.807) is 0 Å². The molecule has 0 radical (unpaired) electrons. The van der Waals surface area contributed by atoms with Gasteiger partial charge in [-0.25, -0.2) is 4.68 Å². The van der Waals surface area contributed by atoms with Gasteiger partial charge in [0.25, 0.3) is 0 Å². The summed E-state index contributed by atoms with van der Waals surface area (Å²) in [6.07, 6.45) is 4.36. The summed E-state index contributed by atoms with van der Waals surface area (Å²) in [4.78, 5) is 0. The topological polar surface area (TPSA) is 43.8 Å². The number of nitrogens with two attached hydrogens (primary N) is 1. The maximum Gasteiger partial charge on any atom is 0.0703 e. The van der Waals surface area contributed by atoms with E-state index in [-0.39, 0.29) is 5.41 Å². The Kier molecular flexibility index (Phi) is 2.79. The Morgan fingerprint density at radius 1 is 1.39 bits per heavy atom. The van der Waals surface area contributed by atoms with Crippen LogP contribution < -0.4 is 5.73 Å². The highest BCUT2D eigenvalue weighted by atomic mass is 79.9. The first-order valence-corrected chi connectivity index (χ1v) is 6.97. The van der Waals surface area contributed by atoms with Crippen molar-refractivity contribution in [1.29, 1.82) is 0 Å². The van der Waals surface area contributed by atoms with Crippen molar-refractivity contribution in [3.63, 3.8) is 0 Å². The van der Waals surface area contributed by atoms with Gasteiger partial charge in [-0.15, -0.1) is 0 Å². The fraction of sp³-hybridized carbons (Fsp3) is 0.357. The van der Waals surface area contributed by atoms with Crippen LogP contribution in [0.5, 0.6) is 0 Å². The average molecular weight is 306 g/mol. The summed E-state index contributed by atoms with van der Waals surface area (Å²) in [5.74, 6) is 0. The molecule has 18 heavy (non-hydrogen) atoms. The quantitative estimate of drug-likeness (QED) is 0.947. The van der Waals surface area contributed by atoms with Crippen LogP contribution in [0.25, 0.3) is 5.69 Å². The van der Waals surface area contributed by atoms with Gasteiger partial charge in [-0.1, -0.05) is 15.9 Å². The smallest absolute Gasteiger partial charge is 0.0703 e. The molecule has 1 heterocycles. The van der Waals surface area contributed by atoms with Crippen LogP contribution in [0.3, 0.4) is 0 Å². The molecule has 1 saturated carbocycles. The zero-order chi connectivity index (χ0) is 12.8. The van der Waals surface area contributed by atoms with Gasteiger partial charge in [0.1, 0.15) is 0 Å². The summed E-state index contributed by atoms with van der Waals surface area (Å²) < 4.78 is 3.05. The summed E-state index contributed by atoms with van der Waals surface area (Å²) in [7, 11) is 0. The van der Waals surface area contributed by atoms with E-state index in [2.05, 4.69) is 41.1 Å². The van der Waals surface area contributed by atoms with Crippen molar-refractivity contribution in [3.05, 3.63) is 46.2 Å². The van der Waals surface area contributed by atoms with Gasteiger partial charge >= 0.3 is 0 Å². The molecule has 1 aromatic carbocycles. The number of aryl methyl sites for hydroxylation is 1. The van der Waals surface area contributed by atoms with Crippen molar-refractivity contribution in [2.45, 2.75) is 25.2 Å². The lowest BCUT2D eigenvalue weighted by Crippen LogP contribution is -2.20. The van der Waals surface area contributed by atoms with Gasteiger partial charge < -0.3 is 5.73 Å². The first kappa shape index (κ1) is 11.9. The predicted octanol–water partition coefficient (Wildman–Crippen LogP) is 2.93. The molecule has 0 unspecified atom stereocenters. The van der Waals surface area contributed by atoms with Crippen LogP contribution in [-0.2, 0) is 5.41 Å². The first-order valence-electron chi connectivity index (χ1n) is 6.17. The number of rotatable bonds is 3. The molecule has 2 N–H and O–H groups in total. The maximum atomic E-state index is 5.84. The molecule has 0 saturated heterocycles. The second-order valence-electron chi connectivity index (χ2n) is 5.06. The number of hydrogen-bond donors (Lipinski definition) is 1. The second kappa shape index (κ2) is 4.21. The van der Waals surface area contributed by atoms with E-state index < -0.39 is 0 Å². The van der Waals surface area contributed by atoms with Gasteiger partial charge in [-0.3, -0.25) is 0 Å². The zero-order valence-corrected chi connectivity index (χ0v) is 11.9. The maximum absolute atomic E-state index is 5.84. The van der Waals surface area contributed by atoms with Crippen LogP contribution >= 0.6 is 15.9 Å². The van der Waals surface area contributed by atoms with Crippen molar-refractivity contribution >= 4 is 15.9 Å². The normalized spacial score (nSPS) is 16.8. The Balaban J connectivity index is 1.98. The predicted molar refractivity (Wildman–Crippen MR) is 76.0 cm³/mol. The lowest BCUT2D eigenvalue weighted by Gasteiger charge is -2.09. The van der Waals surface area contributed by atoms with E-state index in [9.17, 15) is 0 Å².